The lowest BCUT2D eigenvalue weighted by Crippen LogP contribution is -2.34. The highest BCUT2D eigenvalue weighted by Gasteiger charge is 2.23. The van der Waals surface area contributed by atoms with Crippen LogP contribution in [0.2, 0.25) is 0 Å². The van der Waals surface area contributed by atoms with Crippen LogP contribution in [-0.4, -0.2) is 29.0 Å². The van der Waals surface area contributed by atoms with E-state index in [-0.39, 0.29) is 18.0 Å². The molecule has 2 rings (SSSR count). The topological polar surface area (TPSA) is 35.8 Å². The third kappa shape index (κ3) is 4.04. The number of benzene rings is 1. The van der Waals surface area contributed by atoms with Gasteiger partial charge in [-0.25, -0.2) is 4.39 Å². The number of halogens is 1. The van der Waals surface area contributed by atoms with Crippen LogP contribution < -0.4 is 0 Å². The molecule has 110 valence electrons. The first-order chi connectivity index (χ1) is 9.70. The van der Waals surface area contributed by atoms with Crippen molar-refractivity contribution in [2.45, 2.75) is 51.2 Å². The number of rotatable bonds is 6. The van der Waals surface area contributed by atoms with Crippen LogP contribution >= 0.6 is 0 Å². The van der Waals surface area contributed by atoms with Crippen molar-refractivity contribution in [3.05, 3.63) is 35.6 Å². The lowest BCUT2D eigenvalue weighted by atomic mass is 10.00. The number of unbranched alkanes of at least 4 members (excludes halogenated alkanes) is 1. The first kappa shape index (κ1) is 15.0. The third-order valence-corrected chi connectivity index (χ3v) is 3.70. The van der Waals surface area contributed by atoms with E-state index in [1.807, 2.05) is 23.4 Å². The van der Waals surface area contributed by atoms with Crippen LogP contribution in [0.5, 0.6) is 0 Å². The van der Waals surface area contributed by atoms with Gasteiger partial charge in [0, 0.05) is 6.21 Å². The van der Waals surface area contributed by atoms with Crippen molar-refractivity contribution in [2.75, 3.05) is 6.54 Å². The first-order valence-electron chi connectivity index (χ1n) is 7.43. The molecule has 1 aliphatic heterocycles. The second-order valence-corrected chi connectivity index (χ2v) is 5.36. The predicted octanol–water partition coefficient (Wildman–Crippen LogP) is 3.50. The molecule has 4 heteroatoms. The molecule has 2 unspecified atom stereocenters. The highest BCUT2D eigenvalue weighted by molar-refractivity contribution is 5.57. The summed E-state index contributed by atoms with van der Waals surface area (Å²) in [5.74, 6) is -0.220. The monoisotopic (exact) mass is 278 g/mol. The van der Waals surface area contributed by atoms with Crippen LogP contribution in [0.1, 0.15) is 50.6 Å². The molecule has 0 amide bonds. The van der Waals surface area contributed by atoms with Gasteiger partial charge in [-0.2, -0.15) is 5.10 Å². The van der Waals surface area contributed by atoms with Gasteiger partial charge < -0.3 is 5.11 Å². The molecule has 2 atom stereocenters. The van der Waals surface area contributed by atoms with E-state index in [2.05, 4.69) is 12.0 Å². The normalized spacial score (nSPS) is 20.1. The van der Waals surface area contributed by atoms with Crippen LogP contribution in [0.3, 0.4) is 0 Å². The zero-order chi connectivity index (χ0) is 14.4. The van der Waals surface area contributed by atoms with Gasteiger partial charge in [-0.3, -0.25) is 5.01 Å². The lowest BCUT2D eigenvalue weighted by molar-refractivity contribution is 0.0756. The Hall–Kier alpha value is -1.42. The quantitative estimate of drug-likeness (QED) is 0.864. The summed E-state index contributed by atoms with van der Waals surface area (Å²) in [5.41, 5.74) is 1.06. The highest BCUT2D eigenvalue weighted by Crippen LogP contribution is 2.29. The Kier molecular flexibility index (Phi) is 5.53. The first-order valence-corrected chi connectivity index (χ1v) is 7.43. The molecule has 0 radical (unpaired) electrons. The molecular weight excluding hydrogens is 255 g/mol. The maximum Gasteiger partial charge on any atom is 0.123 e. The molecule has 1 aromatic carbocycles. The number of aliphatic hydroxyl groups excluding tert-OH is 1. The van der Waals surface area contributed by atoms with Gasteiger partial charge in [-0.1, -0.05) is 31.9 Å². The highest BCUT2D eigenvalue weighted by atomic mass is 19.1. The molecule has 1 aromatic rings. The van der Waals surface area contributed by atoms with Crippen LogP contribution in [0.25, 0.3) is 0 Å². The van der Waals surface area contributed by atoms with Crippen LogP contribution in [0.15, 0.2) is 29.4 Å². The van der Waals surface area contributed by atoms with Gasteiger partial charge in [0.1, 0.15) is 5.82 Å². The molecule has 0 spiro atoms. The summed E-state index contributed by atoms with van der Waals surface area (Å²) in [6.45, 7) is 2.66. The molecule has 0 bridgehead atoms. The fourth-order valence-electron chi connectivity index (χ4n) is 2.57. The Morgan fingerprint density at radius 2 is 2.15 bits per heavy atom. The summed E-state index contributed by atoms with van der Waals surface area (Å²) in [6.07, 6.45) is 6.33. The van der Waals surface area contributed by atoms with E-state index < -0.39 is 0 Å². The zero-order valence-corrected chi connectivity index (χ0v) is 12.0. The zero-order valence-electron chi connectivity index (χ0n) is 12.0. The molecule has 0 saturated heterocycles. The van der Waals surface area contributed by atoms with Gasteiger partial charge in [-0.05, 0) is 37.0 Å². The number of hydrogen-bond acceptors (Lipinski definition) is 3. The average Bonchev–Trinajstić information content (AvgIpc) is 2.47. The van der Waals surface area contributed by atoms with E-state index in [4.69, 9.17) is 0 Å². The summed E-state index contributed by atoms with van der Waals surface area (Å²) in [6, 6.07) is 6.73. The van der Waals surface area contributed by atoms with E-state index >= 15 is 0 Å². The molecule has 0 saturated carbocycles. The van der Waals surface area contributed by atoms with E-state index in [1.165, 1.54) is 12.1 Å². The summed E-state index contributed by atoms with van der Waals surface area (Å²) in [7, 11) is 0. The molecule has 0 aliphatic carbocycles. The molecule has 3 nitrogen and oxygen atoms in total. The third-order valence-electron chi connectivity index (χ3n) is 3.70. The second-order valence-electron chi connectivity index (χ2n) is 5.36. The summed E-state index contributed by atoms with van der Waals surface area (Å²) < 4.78 is 13.0. The van der Waals surface area contributed by atoms with E-state index in [0.717, 1.165) is 37.7 Å². The van der Waals surface area contributed by atoms with Crippen molar-refractivity contribution >= 4 is 6.21 Å². The van der Waals surface area contributed by atoms with Gasteiger partial charge in [0.2, 0.25) is 0 Å². The minimum atomic E-state index is -0.354. The van der Waals surface area contributed by atoms with Gasteiger partial charge in [-0.15, -0.1) is 0 Å². The Labute approximate surface area is 120 Å². The van der Waals surface area contributed by atoms with Crippen molar-refractivity contribution in [2.24, 2.45) is 5.10 Å². The molecule has 1 N–H and O–H groups in total. The minimum Gasteiger partial charge on any atom is -0.391 e. The number of aliphatic hydroxyl groups is 1. The van der Waals surface area contributed by atoms with Crippen LogP contribution in [0, 0.1) is 5.82 Å². The van der Waals surface area contributed by atoms with Crippen molar-refractivity contribution in [1.82, 2.24) is 5.01 Å². The Bertz CT molecular complexity index is 433. The van der Waals surface area contributed by atoms with Crippen molar-refractivity contribution in [1.29, 1.82) is 0 Å². The molecule has 0 aromatic heterocycles. The molecule has 0 fully saturated rings. The minimum absolute atomic E-state index is 0.136. The number of hydrazone groups is 1. The Morgan fingerprint density at radius 3 is 2.85 bits per heavy atom. The summed E-state index contributed by atoms with van der Waals surface area (Å²) in [4.78, 5) is 0. The number of hydrogen-bond donors (Lipinski definition) is 1. The van der Waals surface area contributed by atoms with Crippen molar-refractivity contribution in [3.63, 3.8) is 0 Å². The van der Waals surface area contributed by atoms with E-state index in [9.17, 15) is 9.50 Å². The smallest absolute Gasteiger partial charge is 0.123 e. The number of β-amino-alcohol motifs (C(OH)–C–C–N with tert-alkyl or cyclic N) is 1. The largest absolute Gasteiger partial charge is 0.391 e. The fraction of sp³-hybridized carbons (Fsp3) is 0.562. The Balaban J connectivity index is 2.03. The van der Waals surface area contributed by atoms with Gasteiger partial charge >= 0.3 is 0 Å². The molecular formula is C16H23FN2O. The lowest BCUT2D eigenvalue weighted by Gasteiger charge is -2.33. The second kappa shape index (κ2) is 7.39. The number of nitrogens with zero attached hydrogens (tertiary/aromatic N) is 2. The van der Waals surface area contributed by atoms with Crippen LogP contribution in [0.4, 0.5) is 4.39 Å². The summed E-state index contributed by atoms with van der Waals surface area (Å²) in [5, 5.41) is 16.4. The van der Waals surface area contributed by atoms with Gasteiger partial charge in [0.15, 0.2) is 0 Å². The molecule has 1 heterocycles. The van der Waals surface area contributed by atoms with E-state index in [1.54, 1.807) is 0 Å². The van der Waals surface area contributed by atoms with E-state index in [0.29, 0.717) is 6.54 Å². The van der Waals surface area contributed by atoms with Gasteiger partial charge in [0.25, 0.3) is 0 Å². The average molecular weight is 278 g/mol. The molecule has 1 aliphatic rings. The molecule has 20 heavy (non-hydrogen) atoms. The maximum absolute atomic E-state index is 13.0. The fourth-order valence-corrected chi connectivity index (χ4v) is 2.57. The van der Waals surface area contributed by atoms with Crippen molar-refractivity contribution in [3.8, 4) is 0 Å². The Morgan fingerprint density at radius 1 is 1.40 bits per heavy atom. The van der Waals surface area contributed by atoms with Gasteiger partial charge in [0.05, 0.1) is 18.7 Å². The SMILES string of the molecule is CCCCC(O)CN1N=CCCC1c1ccc(F)cc1. The van der Waals surface area contributed by atoms with Crippen LogP contribution in [-0.2, 0) is 0 Å². The maximum atomic E-state index is 13.0. The predicted molar refractivity (Wildman–Crippen MR) is 79.1 cm³/mol. The van der Waals surface area contributed by atoms with Crippen molar-refractivity contribution < 1.29 is 9.50 Å². The standard InChI is InChI=1S/C16H23FN2O/c1-2-3-5-15(20)12-19-16(6-4-11-18-19)13-7-9-14(17)10-8-13/h7-11,15-16,20H,2-6,12H2,1H3. The summed E-state index contributed by atoms with van der Waals surface area (Å²) >= 11 is 0.